The Morgan fingerprint density at radius 3 is 2.14 bits per heavy atom. The highest BCUT2D eigenvalue weighted by molar-refractivity contribution is 6.35. The summed E-state index contributed by atoms with van der Waals surface area (Å²) in [5, 5.41) is 6.85. The van der Waals surface area contributed by atoms with Gasteiger partial charge in [0.2, 0.25) is 5.91 Å². The van der Waals surface area contributed by atoms with Crippen molar-refractivity contribution in [3.8, 4) is 0 Å². The number of nitrogens with zero attached hydrogens (tertiary/aromatic N) is 1. The van der Waals surface area contributed by atoms with Gasteiger partial charge in [0.1, 0.15) is 0 Å². The van der Waals surface area contributed by atoms with Gasteiger partial charge in [0, 0.05) is 41.2 Å². The van der Waals surface area contributed by atoms with E-state index in [0.717, 1.165) is 11.4 Å². The molecule has 116 valence electrons. The molecule has 2 rings (SSSR count). The van der Waals surface area contributed by atoms with Crippen LogP contribution >= 0.6 is 23.2 Å². The van der Waals surface area contributed by atoms with Gasteiger partial charge in [0.25, 0.3) is 0 Å². The fraction of sp³-hybridized carbons (Fsp3) is 0.188. The quantitative estimate of drug-likeness (QED) is 0.862. The number of halogens is 2. The van der Waals surface area contributed by atoms with Crippen LogP contribution in [0.1, 0.15) is 0 Å². The lowest BCUT2D eigenvalue weighted by Gasteiger charge is -2.13. The van der Waals surface area contributed by atoms with Gasteiger partial charge in [0.15, 0.2) is 0 Å². The Labute approximate surface area is 140 Å². The van der Waals surface area contributed by atoms with Crippen LogP contribution < -0.4 is 15.5 Å². The van der Waals surface area contributed by atoms with Gasteiger partial charge >= 0.3 is 0 Å². The molecule has 0 heterocycles. The van der Waals surface area contributed by atoms with Crippen molar-refractivity contribution in [3.63, 3.8) is 0 Å². The number of rotatable bonds is 5. The SMILES string of the molecule is CN(C)c1ccc(NC(=O)CNc2cc(Cl)cc(Cl)c2)cc1. The van der Waals surface area contributed by atoms with Crippen molar-refractivity contribution in [2.24, 2.45) is 0 Å². The largest absolute Gasteiger partial charge is 0.378 e. The van der Waals surface area contributed by atoms with Crippen LogP contribution in [0.3, 0.4) is 0 Å². The molecule has 0 saturated carbocycles. The summed E-state index contributed by atoms with van der Waals surface area (Å²) < 4.78 is 0. The van der Waals surface area contributed by atoms with E-state index in [9.17, 15) is 4.79 Å². The summed E-state index contributed by atoms with van der Waals surface area (Å²) in [5.41, 5.74) is 2.53. The van der Waals surface area contributed by atoms with Gasteiger partial charge in [-0.2, -0.15) is 0 Å². The minimum absolute atomic E-state index is 0.131. The molecule has 0 unspecified atom stereocenters. The van der Waals surface area contributed by atoms with E-state index in [1.54, 1.807) is 18.2 Å². The van der Waals surface area contributed by atoms with E-state index in [0.29, 0.717) is 15.7 Å². The number of carbonyl (C=O) groups is 1. The summed E-state index contributed by atoms with van der Waals surface area (Å²) in [6.45, 7) is 0.131. The molecule has 2 aromatic rings. The molecule has 0 bridgehead atoms. The predicted octanol–water partition coefficient (Wildman–Crippen LogP) is 4.11. The van der Waals surface area contributed by atoms with Gasteiger partial charge in [0.05, 0.1) is 6.54 Å². The van der Waals surface area contributed by atoms with E-state index < -0.39 is 0 Å². The van der Waals surface area contributed by atoms with Crippen molar-refractivity contribution in [2.45, 2.75) is 0 Å². The van der Waals surface area contributed by atoms with Crippen molar-refractivity contribution in [3.05, 3.63) is 52.5 Å². The van der Waals surface area contributed by atoms with Crippen LogP contribution in [0.15, 0.2) is 42.5 Å². The maximum atomic E-state index is 11.9. The monoisotopic (exact) mass is 337 g/mol. The van der Waals surface area contributed by atoms with Crippen LogP contribution in [0, 0.1) is 0 Å². The third-order valence-corrected chi connectivity index (χ3v) is 3.42. The molecule has 2 aromatic carbocycles. The molecule has 6 heteroatoms. The fourth-order valence-corrected chi connectivity index (χ4v) is 2.41. The summed E-state index contributed by atoms with van der Waals surface area (Å²) in [6.07, 6.45) is 0. The Hall–Kier alpha value is -1.91. The van der Waals surface area contributed by atoms with Crippen molar-refractivity contribution in [1.82, 2.24) is 0 Å². The van der Waals surface area contributed by atoms with Crippen molar-refractivity contribution < 1.29 is 4.79 Å². The van der Waals surface area contributed by atoms with Crippen LogP contribution in [0.5, 0.6) is 0 Å². The minimum atomic E-state index is -0.145. The summed E-state index contributed by atoms with van der Waals surface area (Å²) in [6, 6.07) is 12.7. The van der Waals surface area contributed by atoms with E-state index in [-0.39, 0.29) is 12.5 Å². The topological polar surface area (TPSA) is 44.4 Å². The molecule has 0 radical (unpaired) electrons. The first-order valence-corrected chi connectivity index (χ1v) is 7.47. The number of hydrogen-bond donors (Lipinski definition) is 2. The number of benzene rings is 2. The lowest BCUT2D eigenvalue weighted by Crippen LogP contribution is -2.21. The number of nitrogens with one attached hydrogen (secondary N) is 2. The standard InChI is InChI=1S/C16H17Cl2N3O/c1-21(2)15-5-3-13(4-6-15)20-16(22)10-19-14-8-11(17)7-12(18)9-14/h3-9,19H,10H2,1-2H3,(H,20,22). The second-order valence-corrected chi connectivity index (χ2v) is 5.87. The van der Waals surface area contributed by atoms with Crippen LogP contribution in [0.25, 0.3) is 0 Å². The van der Waals surface area contributed by atoms with E-state index in [4.69, 9.17) is 23.2 Å². The Kier molecular flexibility index (Phi) is 5.52. The van der Waals surface area contributed by atoms with Gasteiger partial charge in [-0.15, -0.1) is 0 Å². The number of carbonyl (C=O) groups excluding carboxylic acids is 1. The average Bonchev–Trinajstić information content (AvgIpc) is 2.45. The predicted molar refractivity (Wildman–Crippen MR) is 94.4 cm³/mol. The molecule has 0 aliphatic heterocycles. The van der Waals surface area contributed by atoms with Crippen molar-refractivity contribution in [2.75, 3.05) is 36.2 Å². The average molecular weight is 338 g/mol. The zero-order chi connectivity index (χ0) is 16.1. The molecule has 0 fully saturated rings. The van der Waals surface area contributed by atoms with E-state index in [1.165, 1.54) is 0 Å². The third-order valence-electron chi connectivity index (χ3n) is 2.98. The zero-order valence-electron chi connectivity index (χ0n) is 12.4. The number of amides is 1. The van der Waals surface area contributed by atoms with E-state index >= 15 is 0 Å². The minimum Gasteiger partial charge on any atom is -0.378 e. The highest BCUT2D eigenvalue weighted by Gasteiger charge is 2.04. The normalized spacial score (nSPS) is 10.2. The van der Waals surface area contributed by atoms with Gasteiger partial charge in [-0.1, -0.05) is 23.2 Å². The van der Waals surface area contributed by atoms with Crippen LogP contribution in [0.2, 0.25) is 10.0 Å². The lowest BCUT2D eigenvalue weighted by molar-refractivity contribution is -0.114. The Bertz CT molecular complexity index is 637. The van der Waals surface area contributed by atoms with Crippen molar-refractivity contribution >= 4 is 46.2 Å². The lowest BCUT2D eigenvalue weighted by atomic mass is 10.2. The third kappa shape index (κ3) is 4.83. The van der Waals surface area contributed by atoms with Gasteiger partial charge < -0.3 is 15.5 Å². The molecule has 22 heavy (non-hydrogen) atoms. The molecule has 0 aliphatic carbocycles. The van der Waals surface area contributed by atoms with Gasteiger partial charge in [-0.05, 0) is 42.5 Å². The zero-order valence-corrected chi connectivity index (χ0v) is 13.9. The molecular formula is C16H17Cl2N3O. The second-order valence-electron chi connectivity index (χ2n) is 5.00. The highest BCUT2D eigenvalue weighted by Crippen LogP contribution is 2.22. The first-order valence-electron chi connectivity index (χ1n) is 6.71. The number of anilines is 3. The maximum absolute atomic E-state index is 11.9. The maximum Gasteiger partial charge on any atom is 0.243 e. The van der Waals surface area contributed by atoms with E-state index in [1.807, 2.05) is 43.3 Å². The molecule has 0 aromatic heterocycles. The summed E-state index contributed by atoms with van der Waals surface area (Å²) in [7, 11) is 3.93. The Morgan fingerprint density at radius 2 is 1.59 bits per heavy atom. The van der Waals surface area contributed by atoms with Gasteiger partial charge in [-0.3, -0.25) is 4.79 Å². The Balaban J connectivity index is 1.90. The van der Waals surface area contributed by atoms with E-state index in [2.05, 4.69) is 10.6 Å². The first-order chi connectivity index (χ1) is 10.4. The molecule has 1 amide bonds. The molecular weight excluding hydrogens is 321 g/mol. The molecule has 0 saturated heterocycles. The summed E-state index contributed by atoms with van der Waals surface area (Å²) in [5.74, 6) is -0.145. The first kappa shape index (κ1) is 16.5. The van der Waals surface area contributed by atoms with Gasteiger partial charge in [-0.25, -0.2) is 0 Å². The highest BCUT2D eigenvalue weighted by atomic mass is 35.5. The molecule has 2 N–H and O–H groups in total. The molecule has 0 aliphatic rings. The smallest absolute Gasteiger partial charge is 0.243 e. The summed E-state index contributed by atoms with van der Waals surface area (Å²) in [4.78, 5) is 13.9. The summed E-state index contributed by atoms with van der Waals surface area (Å²) >= 11 is 11.8. The van der Waals surface area contributed by atoms with Crippen molar-refractivity contribution in [1.29, 1.82) is 0 Å². The number of hydrogen-bond acceptors (Lipinski definition) is 3. The van der Waals surface area contributed by atoms with Crippen LogP contribution in [-0.4, -0.2) is 26.5 Å². The Morgan fingerprint density at radius 1 is 1.00 bits per heavy atom. The second kappa shape index (κ2) is 7.38. The van der Waals surface area contributed by atoms with Crippen LogP contribution in [-0.2, 0) is 4.79 Å². The fourth-order valence-electron chi connectivity index (χ4n) is 1.89. The molecule has 0 atom stereocenters. The molecule has 4 nitrogen and oxygen atoms in total. The van der Waals surface area contributed by atoms with Crippen LogP contribution in [0.4, 0.5) is 17.1 Å². The molecule has 0 spiro atoms.